The van der Waals surface area contributed by atoms with Crippen molar-refractivity contribution >= 4 is 11.6 Å². The second-order valence-electron chi connectivity index (χ2n) is 5.09. The van der Waals surface area contributed by atoms with Gasteiger partial charge in [-0.15, -0.1) is 0 Å². The number of nitrogens with one attached hydrogen (secondary N) is 2. The molecule has 2 heterocycles. The molecule has 0 amide bonds. The summed E-state index contributed by atoms with van der Waals surface area (Å²) in [5.74, 6) is 1.97. The number of aliphatic hydroxyl groups excluding tert-OH is 1. The van der Waals surface area contributed by atoms with Gasteiger partial charge in [0.2, 0.25) is 0 Å². The molecule has 6 heteroatoms. The van der Waals surface area contributed by atoms with E-state index in [0.29, 0.717) is 17.4 Å². The summed E-state index contributed by atoms with van der Waals surface area (Å²) in [6.45, 7) is 1.76. The zero-order chi connectivity index (χ0) is 13.9. The Morgan fingerprint density at radius 1 is 1.50 bits per heavy atom. The summed E-state index contributed by atoms with van der Waals surface area (Å²) in [6.07, 6.45) is 7.37. The average molecular weight is 272 g/mol. The number of H-pyrrole nitrogens is 1. The SMILES string of the molecule is Cc1nc(CO)cnc1Nc1cc([C@H]2C[CH]CC2)[nH]n1. The van der Waals surface area contributed by atoms with Crippen LogP contribution in [0.4, 0.5) is 11.6 Å². The third-order valence-corrected chi connectivity index (χ3v) is 3.61. The molecule has 1 atom stereocenters. The number of aryl methyl sites for hydroxylation is 1. The second kappa shape index (κ2) is 5.58. The first-order valence-electron chi connectivity index (χ1n) is 6.83. The van der Waals surface area contributed by atoms with E-state index in [9.17, 15) is 0 Å². The van der Waals surface area contributed by atoms with Gasteiger partial charge in [-0.25, -0.2) is 4.98 Å². The molecule has 0 aromatic carbocycles. The van der Waals surface area contributed by atoms with Crippen molar-refractivity contribution in [2.24, 2.45) is 0 Å². The van der Waals surface area contributed by atoms with Gasteiger partial charge in [-0.2, -0.15) is 5.10 Å². The molecule has 105 valence electrons. The summed E-state index contributed by atoms with van der Waals surface area (Å²) in [5, 5.41) is 19.5. The van der Waals surface area contributed by atoms with Crippen LogP contribution in [-0.2, 0) is 6.61 Å². The molecule has 0 spiro atoms. The van der Waals surface area contributed by atoms with E-state index < -0.39 is 0 Å². The van der Waals surface area contributed by atoms with Crippen molar-refractivity contribution in [2.45, 2.75) is 38.7 Å². The Hall–Kier alpha value is -1.95. The summed E-state index contributed by atoms with van der Waals surface area (Å²) in [5.41, 5.74) is 2.48. The lowest BCUT2D eigenvalue weighted by molar-refractivity contribution is 0.276. The summed E-state index contributed by atoms with van der Waals surface area (Å²) >= 11 is 0. The number of rotatable bonds is 4. The number of aromatic amines is 1. The van der Waals surface area contributed by atoms with E-state index in [1.54, 1.807) is 6.20 Å². The van der Waals surface area contributed by atoms with Crippen molar-refractivity contribution in [3.8, 4) is 0 Å². The van der Waals surface area contributed by atoms with Crippen LogP contribution in [0.1, 0.15) is 42.3 Å². The monoisotopic (exact) mass is 272 g/mol. The van der Waals surface area contributed by atoms with Crippen molar-refractivity contribution in [3.05, 3.63) is 35.8 Å². The molecule has 2 aromatic heterocycles. The van der Waals surface area contributed by atoms with Gasteiger partial charge in [-0.05, 0) is 32.6 Å². The zero-order valence-electron chi connectivity index (χ0n) is 11.4. The van der Waals surface area contributed by atoms with Crippen LogP contribution >= 0.6 is 0 Å². The summed E-state index contributed by atoms with van der Waals surface area (Å²) < 4.78 is 0. The fourth-order valence-electron chi connectivity index (χ4n) is 2.50. The van der Waals surface area contributed by atoms with Gasteiger partial charge in [0, 0.05) is 17.7 Å². The standard InChI is InChI=1S/C14H18N5O/c1-9-14(15-7-11(8-20)16-9)17-13-6-12(18-19-13)10-4-2-3-5-10/h2,6-7,10,20H,3-5,8H2,1H3,(H2,15,17,18,19)/t10-/m0/s1. The molecule has 2 aromatic rings. The Bertz CT molecular complexity index is 589. The highest BCUT2D eigenvalue weighted by atomic mass is 16.3. The number of nitrogens with zero attached hydrogens (tertiary/aromatic N) is 3. The van der Waals surface area contributed by atoms with Crippen LogP contribution in [0.5, 0.6) is 0 Å². The minimum absolute atomic E-state index is 0.0984. The van der Waals surface area contributed by atoms with Crippen molar-refractivity contribution < 1.29 is 5.11 Å². The minimum atomic E-state index is -0.0984. The predicted molar refractivity (Wildman–Crippen MR) is 75.5 cm³/mol. The molecular weight excluding hydrogens is 254 g/mol. The zero-order valence-corrected chi connectivity index (χ0v) is 11.4. The van der Waals surface area contributed by atoms with Gasteiger partial charge in [-0.3, -0.25) is 10.1 Å². The molecule has 1 aliphatic rings. The first kappa shape index (κ1) is 13.1. The van der Waals surface area contributed by atoms with Crippen LogP contribution in [0, 0.1) is 13.3 Å². The van der Waals surface area contributed by atoms with Crippen LogP contribution < -0.4 is 5.32 Å². The van der Waals surface area contributed by atoms with Crippen LogP contribution in [0.15, 0.2) is 12.3 Å². The van der Waals surface area contributed by atoms with Crippen LogP contribution in [0.2, 0.25) is 0 Å². The number of anilines is 2. The second-order valence-corrected chi connectivity index (χ2v) is 5.09. The third kappa shape index (κ3) is 2.65. The Kier molecular flexibility index (Phi) is 3.64. The van der Waals surface area contributed by atoms with Crippen LogP contribution in [0.25, 0.3) is 0 Å². The molecule has 1 fully saturated rings. The van der Waals surface area contributed by atoms with Crippen LogP contribution in [0.3, 0.4) is 0 Å². The first-order valence-corrected chi connectivity index (χ1v) is 6.83. The van der Waals surface area contributed by atoms with E-state index >= 15 is 0 Å². The minimum Gasteiger partial charge on any atom is -0.390 e. The quantitative estimate of drug-likeness (QED) is 0.794. The van der Waals surface area contributed by atoms with Gasteiger partial charge in [-0.1, -0.05) is 0 Å². The van der Waals surface area contributed by atoms with Gasteiger partial charge in [0.05, 0.1) is 24.2 Å². The fourth-order valence-corrected chi connectivity index (χ4v) is 2.50. The molecule has 0 bridgehead atoms. The van der Waals surface area contributed by atoms with E-state index in [-0.39, 0.29) is 6.61 Å². The number of hydrogen-bond acceptors (Lipinski definition) is 5. The maximum Gasteiger partial charge on any atom is 0.153 e. The van der Waals surface area contributed by atoms with Gasteiger partial charge in [0.25, 0.3) is 0 Å². The highest BCUT2D eigenvalue weighted by Crippen LogP contribution is 2.33. The third-order valence-electron chi connectivity index (χ3n) is 3.61. The number of aromatic nitrogens is 4. The fraction of sp³-hybridized carbons (Fsp3) is 0.429. The summed E-state index contributed by atoms with van der Waals surface area (Å²) in [4.78, 5) is 8.51. The molecule has 0 unspecified atom stereocenters. The molecular formula is C14H18N5O. The topological polar surface area (TPSA) is 86.7 Å². The van der Waals surface area contributed by atoms with Crippen molar-refractivity contribution in [1.82, 2.24) is 20.2 Å². The van der Waals surface area contributed by atoms with Gasteiger partial charge in [0.15, 0.2) is 11.6 Å². The lowest BCUT2D eigenvalue weighted by Crippen LogP contribution is -2.01. The predicted octanol–water partition coefficient (Wildman–Crippen LogP) is 2.22. The van der Waals surface area contributed by atoms with E-state index in [2.05, 4.69) is 31.9 Å². The molecule has 3 rings (SSSR count). The molecule has 0 saturated heterocycles. The average Bonchev–Trinajstić information content (AvgIpc) is 3.11. The lowest BCUT2D eigenvalue weighted by atomic mass is 10.0. The summed E-state index contributed by atoms with van der Waals surface area (Å²) in [6, 6.07) is 2.03. The van der Waals surface area contributed by atoms with Gasteiger partial charge in [0.1, 0.15) is 0 Å². The Labute approximate surface area is 117 Å². The maximum absolute atomic E-state index is 9.02. The Balaban J connectivity index is 1.74. The van der Waals surface area contributed by atoms with Crippen molar-refractivity contribution in [2.75, 3.05) is 5.32 Å². The van der Waals surface area contributed by atoms with Crippen molar-refractivity contribution in [3.63, 3.8) is 0 Å². The largest absolute Gasteiger partial charge is 0.390 e. The molecule has 1 radical (unpaired) electrons. The molecule has 20 heavy (non-hydrogen) atoms. The van der Waals surface area contributed by atoms with E-state index in [4.69, 9.17) is 5.11 Å². The van der Waals surface area contributed by atoms with E-state index in [0.717, 1.165) is 17.9 Å². The maximum atomic E-state index is 9.02. The first-order chi connectivity index (χ1) is 9.76. The summed E-state index contributed by atoms with van der Waals surface area (Å²) in [7, 11) is 0. The molecule has 1 aliphatic carbocycles. The number of hydrogen-bond donors (Lipinski definition) is 3. The normalized spacial score (nSPS) is 15.7. The van der Waals surface area contributed by atoms with Gasteiger partial charge >= 0.3 is 0 Å². The highest BCUT2D eigenvalue weighted by molar-refractivity contribution is 5.54. The number of aliphatic hydroxyl groups is 1. The Morgan fingerprint density at radius 2 is 2.40 bits per heavy atom. The van der Waals surface area contributed by atoms with E-state index in [1.807, 2.05) is 13.0 Å². The Morgan fingerprint density at radius 3 is 3.10 bits per heavy atom. The van der Waals surface area contributed by atoms with Gasteiger partial charge < -0.3 is 10.4 Å². The van der Waals surface area contributed by atoms with Crippen molar-refractivity contribution in [1.29, 1.82) is 0 Å². The van der Waals surface area contributed by atoms with Crippen LogP contribution in [-0.4, -0.2) is 25.3 Å². The smallest absolute Gasteiger partial charge is 0.153 e. The van der Waals surface area contributed by atoms with E-state index in [1.165, 1.54) is 18.5 Å². The molecule has 6 nitrogen and oxygen atoms in total. The highest BCUT2D eigenvalue weighted by Gasteiger charge is 2.19. The molecule has 0 aliphatic heterocycles. The molecule has 3 N–H and O–H groups in total. The lowest BCUT2D eigenvalue weighted by Gasteiger charge is -2.06. The molecule has 1 saturated carbocycles.